The predicted octanol–water partition coefficient (Wildman–Crippen LogP) is 4.82. The van der Waals surface area contributed by atoms with Gasteiger partial charge in [0.25, 0.3) is 11.8 Å². The minimum Gasteiger partial charge on any atom is -0.326 e. The molecule has 0 spiro atoms. The number of nitrogens with one attached hydrogen (secondary N) is 3. The standard InChI is InChI=1S/C21H16N4O3S2/c1-12(26)22-15-7-8-16-18(11-15)30-21(24-16)25-19(27)13-4-2-5-14(10-13)23-20(28)17-6-3-9-29-17/h2-11H,1H3,(H,22,26)(H,23,28)(H,24,25,27). The number of carbonyl (C=O) groups excluding carboxylic acids is 3. The Hall–Kier alpha value is -3.56. The summed E-state index contributed by atoms with van der Waals surface area (Å²) in [4.78, 5) is 41.1. The molecule has 9 heteroatoms. The number of carbonyl (C=O) groups is 3. The average Bonchev–Trinajstić information content (AvgIpc) is 3.37. The molecule has 3 N–H and O–H groups in total. The van der Waals surface area contributed by atoms with E-state index in [0.29, 0.717) is 26.9 Å². The normalized spacial score (nSPS) is 10.6. The lowest BCUT2D eigenvalue weighted by atomic mass is 10.2. The Bertz CT molecular complexity index is 1250. The van der Waals surface area contributed by atoms with Crippen molar-refractivity contribution in [2.45, 2.75) is 6.92 Å². The molecule has 0 bridgehead atoms. The number of aromatic nitrogens is 1. The molecule has 2 aromatic carbocycles. The zero-order valence-corrected chi connectivity index (χ0v) is 17.4. The van der Waals surface area contributed by atoms with Gasteiger partial charge in [-0.1, -0.05) is 23.5 Å². The lowest BCUT2D eigenvalue weighted by Gasteiger charge is -2.06. The van der Waals surface area contributed by atoms with Gasteiger partial charge in [-0.2, -0.15) is 0 Å². The number of thiazole rings is 1. The minimum atomic E-state index is -0.330. The number of rotatable bonds is 5. The lowest BCUT2D eigenvalue weighted by molar-refractivity contribution is -0.114. The Kier molecular flexibility index (Phi) is 5.55. The van der Waals surface area contributed by atoms with E-state index < -0.39 is 0 Å². The number of hydrogen-bond donors (Lipinski definition) is 3. The summed E-state index contributed by atoms with van der Waals surface area (Å²) in [6, 6.07) is 15.6. The predicted molar refractivity (Wildman–Crippen MR) is 121 cm³/mol. The third kappa shape index (κ3) is 4.53. The van der Waals surface area contributed by atoms with Gasteiger partial charge in [0.2, 0.25) is 5.91 Å². The van der Waals surface area contributed by atoms with Crippen LogP contribution in [0.3, 0.4) is 0 Å². The number of anilines is 3. The highest BCUT2D eigenvalue weighted by Gasteiger charge is 2.13. The third-order valence-corrected chi connectivity index (χ3v) is 5.86. The van der Waals surface area contributed by atoms with E-state index in [4.69, 9.17) is 0 Å². The van der Waals surface area contributed by atoms with Crippen molar-refractivity contribution in [1.29, 1.82) is 0 Å². The van der Waals surface area contributed by atoms with Crippen LogP contribution in [0.1, 0.15) is 27.0 Å². The van der Waals surface area contributed by atoms with Crippen molar-refractivity contribution in [2.75, 3.05) is 16.0 Å². The summed E-state index contributed by atoms with van der Waals surface area (Å²) in [5, 5.41) is 10.6. The topological polar surface area (TPSA) is 100 Å². The lowest BCUT2D eigenvalue weighted by Crippen LogP contribution is -2.14. The molecular weight excluding hydrogens is 420 g/mol. The summed E-state index contributed by atoms with van der Waals surface area (Å²) in [6.45, 7) is 1.44. The van der Waals surface area contributed by atoms with Gasteiger partial charge in [0, 0.05) is 23.9 Å². The van der Waals surface area contributed by atoms with Gasteiger partial charge in [-0.25, -0.2) is 4.98 Å². The van der Waals surface area contributed by atoms with Crippen molar-refractivity contribution in [2.24, 2.45) is 0 Å². The Balaban J connectivity index is 1.48. The molecule has 0 aliphatic carbocycles. The maximum Gasteiger partial charge on any atom is 0.265 e. The van der Waals surface area contributed by atoms with Gasteiger partial charge in [0.15, 0.2) is 5.13 Å². The van der Waals surface area contributed by atoms with Crippen molar-refractivity contribution in [1.82, 2.24) is 4.98 Å². The fourth-order valence-electron chi connectivity index (χ4n) is 2.77. The minimum absolute atomic E-state index is 0.154. The van der Waals surface area contributed by atoms with E-state index >= 15 is 0 Å². The van der Waals surface area contributed by atoms with Crippen LogP contribution in [0.4, 0.5) is 16.5 Å². The fourth-order valence-corrected chi connectivity index (χ4v) is 4.29. The second-order valence-corrected chi connectivity index (χ2v) is 8.33. The van der Waals surface area contributed by atoms with Gasteiger partial charge in [0.05, 0.1) is 15.1 Å². The number of nitrogens with zero attached hydrogens (tertiary/aromatic N) is 1. The van der Waals surface area contributed by atoms with E-state index in [1.807, 2.05) is 11.4 Å². The van der Waals surface area contributed by atoms with Crippen LogP contribution in [0.5, 0.6) is 0 Å². The molecule has 0 radical (unpaired) electrons. The van der Waals surface area contributed by atoms with Crippen LogP contribution in [-0.2, 0) is 4.79 Å². The molecule has 2 aromatic heterocycles. The van der Waals surface area contributed by atoms with E-state index in [-0.39, 0.29) is 17.7 Å². The second-order valence-electron chi connectivity index (χ2n) is 6.35. The molecule has 4 rings (SSSR count). The maximum absolute atomic E-state index is 12.7. The number of thiophene rings is 1. The summed E-state index contributed by atoms with van der Waals surface area (Å²) < 4.78 is 0.841. The maximum atomic E-state index is 12.7. The zero-order chi connectivity index (χ0) is 21.1. The monoisotopic (exact) mass is 436 g/mol. The smallest absolute Gasteiger partial charge is 0.265 e. The van der Waals surface area contributed by atoms with Gasteiger partial charge in [0.1, 0.15) is 0 Å². The molecule has 7 nitrogen and oxygen atoms in total. The van der Waals surface area contributed by atoms with E-state index in [0.717, 1.165) is 10.2 Å². The molecule has 0 aliphatic heterocycles. The highest BCUT2D eigenvalue weighted by Crippen LogP contribution is 2.29. The summed E-state index contributed by atoms with van der Waals surface area (Å²) in [6.07, 6.45) is 0. The Morgan fingerprint density at radius 2 is 1.70 bits per heavy atom. The van der Waals surface area contributed by atoms with Gasteiger partial charge in [-0.15, -0.1) is 11.3 Å². The molecule has 0 aliphatic rings. The first-order valence-corrected chi connectivity index (χ1v) is 10.6. The Morgan fingerprint density at radius 3 is 2.47 bits per heavy atom. The molecule has 30 heavy (non-hydrogen) atoms. The first-order valence-electron chi connectivity index (χ1n) is 8.92. The Morgan fingerprint density at radius 1 is 0.867 bits per heavy atom. The van der Waals surface area contributed by atoms with Crippen molar-refractivity contribution in [3.05, 3.63) is 70.4 Å². The zero-order valence-electron chi connectivity index (χ0n) is 15.8. The fraction of sp³-hybridized carbons (Fsp3) is 0.0476. The molecule has 4 aromatic rings. The molecule has 0 unspecified atom stereocenters. The molecule has 0 saturated carbocycles. The number of hydrogen-bond acceptors (Lipinski definition) is 6. The largest absolute Gasteiger partial charge is 0.326 e. The molecule has 0 atom stereocenters. The van der Waals surface area contributed by atoms with Crippen LogP contribution in [0.15, 0.2) is 60.0 Å². The summed E-state index contributed by atoms with van der Waals surface area (Å²) in [5.41, 5.74) is 2.33. The molecule has 0 saturated heterocycles. The van der Waals surface area contributed by atoms with Crippen molar-refractivity contribution in [3.63, 3.8) is 0 Å². The molecule has 2 heterocycles. The number of fused-ring (bicyclic) bond motifs is 1. The number of amides is 3. The third-order valence-electron chi connectivity index (χ3n) is 4.06. The van der Waals surface area contributed by atoms with E-state index in [1.165, 1.54) is 29.6 Å². The van der Waals surface area contributed by atoms with Crippen molar-refractivity contribution in [3.8, 4) is 0 Å². The van der Waals surface area contributed by atoms with Crippen LogP contribution >= 0.6 is 22.7 Å². The van der Waals surface area contributed by atoms with Crippen molar-refractivity contribution < 1.29 is 14.4 Å². The van der Waals surface area contributed by atoms with Gasteiger partial charge in [-0.3, -0.25) is 19.7 Å². The van der Waals surface area contributed by atoms with Crippen molar-refractivity contribution >= 4 is 67.1 Å². The van der Waals surface area contributed by atoms with Gasteiger partial charge < -0.3 is 10.6 Å². The van der Waals surface area contributed by atoms with Crippen LogP contribution in [0.2, 0.25) is 0 Å². The highest BCUT2D eigenvalue weighted by molar-refractivity contribution is 7.22. The van der Waals surface area contributed by atoms with E-state index in [1.54, 1.807) is 48.5 Å². The summed E-state index contributed by atoms with van der Waals surface area (Å²) >= 11 is 2.66. The quantitative estimate of drug-likeness (QED) is 0.417. The first-order chi connectivity index (χ1) is 14.5. The summed E-state index contributed by atoms with van der Waals surface area (Å²) in [5.74, 6) is -0.703. The average molecular weight is 437 g/mol. The SMILES string of the molecule is CC(=O)Nc1ccc2nc(NC(=O)c3cccc(NC(=O)c4cccs4)c3)sc2c1. The first kappa shape index (κ1) is 19.7. The summed E-state index contributed by atoms with van der Waals surface area (Å²) in [7, 11) is 0. The molecule has 150 valence electrons. The van der Waals surface area contributed by atoms with Gasteiger partial charge >= 0.3 is 0 Å². The van der Waals surface area contributed by atoms with Crippen LogP contribution in [0, 0.1) is 0 Å². The van der Waals surface area contributed by atoms with Crippen LogP contribution in [0.25, 0.3) is 10.2 Å². The number of benzene rings is 2. The van der Waals surface area contributed by atoms with E-state index in [2.05, 4.69) is 20.9 Å². The van der Waals surface area contributed by atoms with Crippen LogP contribution in [-0.4, -0.2) is 22.7 Å². The molecular formula is C21H16N4O3S2. The Labute approximate surface area is 179 Å². The highest BCUT2D eigenvalue weighted by atomic mass is 32.1. The molecule has 3 amide bonds. The van der Waals surface area contributed by atoms with E-state index in [9.17, 15) is 14.4 Å². The van der Waals surface area contributed by atoms with Gasteiger partial charge in [-0.05, 0) is 47.8 Å². The second kappa shape index (κ2) is 8.44. The molecule has 0 fully saturated rings. The van der Waals surface area contributed by atoms with Crippen LogP contribution < -0.4 is 16.0 Å².